The zero-order chi connectivity index (χ0) is 16.9. The third-order valence-electron chi connectivity index (χ3n) is 3.34. The largest absolute Gasteiger partial charge is 0.494 e. The lowest BCUT2D eigenvalue weighted by molar-refractivity contribution is -0.129. The molecule has 0 saturated carbocycles. The van der Waals surface area contributed by atoms with Gasteiger partial charge in [-0.25, -0.2) is 4.39 Å². The first-order valence-electron chi connectivity index (χ1n) is 7.17. The zero-order valence-electron chi connectivity index (χ0n) is 13.6. The molecule has 122 valence electrons. The molecule has 0 heterocycles. The number of carbonyl (C=O) groups excluding carboxylic acids is 2. The predicted octanol–water partition coefficient (Wildman–Crippen LogP) is 2.17. The normalized spacial score (nSPS) is 13.4. The van der Waals surface area contributed by atoms with E-state index in [-0.39, 0.29) is 29.5 Å². The Bertz CT molecular complexity index is 546. The Kier molecular flexibility index (Phi) is 6.34. The van der Waals surface area contributed by atoms with Gasteiger partial charge in [-0.2, -0.15) is 0 Å². The van der Waals surface area contributed by atoms with Crippen molar-refractivity contribution in [3.05, 3.63) is 29.6 Å². The highest BCUT2D eigenvalue weighted by molar-refractivity contribution is 5.87. The zero-order valence-corrected chi connectivity index (χ0v) is 13.6. The second-order valence-electron chi connectivity index (χ2n) is 5.55. The lowest BCUT2D eigenvalue weighted by atomic mass is 10.0. The maximum absolute atomic E-state index is 13.7. The summed E-state index contributed by atoms with van der Waals surface area (Å²) in [5.74, 6) is -0.946. The van der Waals surface area contributed by atoms with E-state index in [0.29, 0.717) is 5.56 Å². The van der Waals surface area contributed by atoms with E-state index in [1.165, 1.54) is 26.2 Å². The highest BCUT2D eigenvalue weighted by atomic mass is 19.1. The fraction of sp³-hybridized carbons (Fsp3) is 0.500. The summed E-state index contributed by atoms with van der Waals surface area (Å²) in [7, 11) is 1.39. The Labute approximate surface area is 130 Å². The molecule has 2 amide bonds. The summed E-state index contributed by atoms with van der Waals surface area (Å²) in [5, 5.41) is 5.41. The highest BCUT2D eigenvalue weighted by Gasteiger charge is 2.24. The van der Waals surface area contributed by atoms with Crippen LogP contribution in [0, 0.1) is 11.7 Å². The highest BCUT2D eigenvalue weighted by Crippen LogP contribution is 2.21. The number of carbonyl (C=O) groups is 2. The maximum Gasteiger partial charge on any atom is 0.243 e. The van der Waals surface area contributed by atoms with Gasteiger partial charge < -0.3 is 15.4 Å². The second kappa shape index (κ2) is 7.77. The van der Waals surface area contributed by atoms with Crippen molar-refractivity contribution >= 4 is 11.8 Å². The molecule has 5 nitrogen and oxygen atoms in total. The molecule has 0 fully saturated rings. The first-order valence-corrected chi connectivity index (χ1v) is 7.17. The molecule has 0 saturated heterocycles. The fourth-order valence-corrected chi connectivity index (χ4v) is 2.09. The summed E-state index contributed by atoms with van der Waals surface area (Å²) < 4.78 is 18.6. The van der Waals surface area contributed by atoms with Gasteiger partial charge in [0.1, 0.15) is 6.04 Å². The van der Waals surface area contributed by atoms with Gasteiger partial charge in [0.25, 0.3) is 0 Å². The van der Waals surface area contributed by atoms with Crippen molar-refractivity contribution in [3.8, 4) is 5.75 Å². The van der Waals surface area contributed by atoms with E-state index < -0.39 is 11.9 Å². The van der Waals surface area contributed by atoms with Crippen LogP contribution in [0.15, 0.2) is 18.2 Å². The minimum absolute atomic E-state index is 0.0521. The fourth-order valence-electron chi connectivity index (χ4n) is 2.09. The number of ether oxygens (including phenoxy) is 1. The van der Waals surface area contributed by atoms with Crippen LogP contribution in [0.25, 0.3) is 0 Å². The van der Waals surface area contributed by atoms with Gasteiger partial charge in [0.15, 0.2) is 11.6 Å². The minimum atomic E-state index is -0.622. The van der Waals surface area contributed by atoms with Crippen LogP contribution in [-0.2, 0) is 9.59 Å². The Morgan fingerprint density at radius 2 is 1.82 bits per heavy atom. The molecule has 1 aromatic rings. The molecule has 0 spiro atoms. The number of benzene rings is 1. The number of hydrogen-bond donors (Lipinski definition) is 2. The van der Waals surface area contributed by atoms with Crippen molar-refractivity contribution in [2.45, 2.75) is 39.8 Å². The summed E-state index contributed by atoms with van der Waals surface area (Å²) in [6.07, 6.45) is 0. The molecular formula is C16H23FN2O3. The van der Waals surface area contributed by atoms with Crippen molar-refractivity contribution in [1.82, 2.24) is 10.6 Å². The molecule has 0 aliphatic rings. The quantitative estimate of drug-likeness (QED) is 0.846. The van der Waals surface area contributed by atoms with Crippen molar-refractivity contribution < 1.29 is 18.7 Å². The molecule has 0 unspecified atom stereocenters. The van der Waals surface area contributed by atoms with Crippen molar-refractivity contribution in [3.63, 3.8) is 0 Å². The second-order valence-corrected chi connectivity index (χ2v) is 5.55. The summed E-state index contributed by atoms with van der Waals surface area (Å²) in [5.41, 5.74) is 0.622. The topological polar surface area (TPSA) is 67.4 Å². The van der Waals surface area contributed by atoms with Crippen LogP contribution in [0.3, 0.4) is 0 Å². The molecule has 2 N–H and O–H groups in total. The molecule has 0 bridgehead atoms. The van der Waals surface area contributed by atoms with E-state index in [1.807, 2.05) is 13.8 Å². The third-order valence-corrected chi connectivity index (χ3v) is 3.34. The van der Waals surface area contributed by atoms with E-state index in [9.17, 15) is 14.0 Å². The number of rotatable bonds is 6. The Hall–Kier alpha value is -2.11. The van der Waals surface area contributed by atoms with Crippen LogP contribution in [0.5, 0.6) is 5.75 Å². The lowest BCUT2D eigenvalue weighted by Gasteiger charge is -2.23. The SMILES string of the molecule is COc1ccc([C@H](C)NC(=O)[C@H](NC(C)=O)C(C)C)cc1F. The van der Waals surface area contributed by atoms with Crippen LogP contribution in [0.2, 0.25) is 0 Å². The number of amides is 2. The monoisotopic (exact) mass is 310 g/mol. The van der Waals surface area contributed by atoms with Gasteiger partial charge in [-0.15, -0.1) is 0 Å². The molecule has 1 rings (SSSR count). The van der Waals surface area contributed by atoms with E-state index in [2.05, 4.69) is 10.6 Å². The minimum Gasteiger partial charge on any atom is -0.494 e. The summed E-state index contributed by atoms with van der Waals surface area (Å²) >= 11 is 0. The van der Waals surface area contributed by atoms with Gasteiger partial charge in [0.2, 0.25) is 11.8 Å². The first kappa shape index (κ1) is 17.9. The van der Waals surface area contributed by atoms with Gasteiger partial charge in [0.05, 0.1) is 13.2 Å². The molecule has 1 aromatic carbocycles. The number of hydrogen-bond acceptors (Lipinski definition) is 3. The van der Waals surface area contributed by atoms with Gasteiger partial charge in [-0.05, 0) is 30.5 Å². The van der Waals surface area contributed by atoms with Crippen molar-refractivity contribution in [2.24, 2.45) is 5.92 Å². The summed E-state index contributed by atoms with van der Waals surface area (Å²) in [4.78, 5) is 23.4. The van der Waals surface area contributed by atoms with Crippen molar-refractivity contribution in [2.75, 3.05) is 7.11 Å². The van der Waals surface area contributed by atoms with E-state index >= 15 is 0 Å². The standard InChI is InChI=1S/C16H23FN2O3/c1-9(2)15(19-11(4)20)16(21)18-10(3)12-6-7-14(22-5)13(17)8-12/h6-10,15H,1-5H3,(H,18,21)(H,19,20)/t10-,15+/m0/s1. The van der Waals surface area contributed by atoms with Gasteiger partial charge in [-0.1, -0.05) is 19.9 Å². The number of methoxy groups -OCH3 is 1. The van der Waals surface area contributed by atoms with Gasteiger partial charge in [-0.3, -0.25) is 9.59 Å². The average Bonchev–Trinajstić information content (AvgIpc) is 2.43. The van der Waals surface area contributed by atoms with Crippen LogP contribution in [0.4, 0.5) is 4.39 Å². The van der Waals surface area contributed by atoms with Crippen LogP contribution >= 0.6 is 0 Å². The van der Waals surface area contributed by atoms with Crippen LogP contribution < -0.4 is 15.4 Å². The molecular weight excluding hydrogens is 287 g/mol. The lowest BCUT2D eigenvalue weighted by Crippen LogP contribution is -2.49. The van der Waals surface area contributed by atoms with Crippen LogP contribution in [0.1, 0.15) is 39.3 Å². The third kappa shape index (κ3) is 4.72. The van der Waals surface area contributed by atoms with Gasteiger partial charge in [0, 0.05) is 6.92 Å². The summed E-state index contributed by atoms with van der Waals surface area (Å²) in [6, 6.07) is 3.52. The van der Waals surface area contributed by atoms with Gasteiger partial charge >= 0.3 is 0 Å². The van der Waals surface area contributed by atoms with E-state index in [4.69, 9.17) is 4.74 Å². The molecule has 6 heteroatoms. The van der Waals surface area contributed by atoms with Crippen molar-refractivity contribution in [1.29, 1.82) is 0 Å². The first-order chi connectivity index (χ1) is 10.3. The Balaban J connectivity index is 2.81. The average molecular weight is 310 g/mol. The maximum atomic E-state index is 13.7. The van der Waals surface area contributed by atoms with Crippen LogP contribution in [-0.4, -0.2) is 25.0 Å². The molecule has 0 aromatic heterocycles. The summed E-state index contributed by atoms with van der Waals surface area (Å²) in [6.45, 7) is 6.81. The molecule has 22 heavy (non-hydrogen) atoms. The predicted molar refractivity (Wildman–Crippen MR) is 82.0 cm³/mol. The molecule has 2 atom stereocenters. The van der Waals surface area contributed by atoms with E-state index in [0.717, 1.165) is 0 Å². The number of halogens is 1. The Morgan fingerprint density at radius 3 is 2.27 bits per heavy atom. The molecule has 0 aliphatic carbocycles. The molecule has 0 aliphatic heterocycles. The van der Waals surface area contributed by atoms with E-state index in [1.54, 1.807) is 13.0 Å². The Morgan fingerprint density at radius 1 is 1.18 bits per heavy atom. The molecule has 0 radical (unpaired) electrons. The smallest absolute Gasteiger partial charge is 0.243 e. The number of nitrogens with one attached hydrogen (secondary N) is 2.